The van der Waals surface area contributed by atoms with E-state index in [1.54, 1.807) is 0 Å². The van der Waals surface area contributed by atoms with Crippen molar-refractivity contribution in [2.24, 2.45) is 0 Å². The fourth-order valence-electron chi connectivity index (χ4n) is 5.20. The van der Waals surface area contributed by atoms with Gasteiger partial charge in [-0.2, -0.15) is 0 Å². The van der Waals surface area contributed by atoms with Crippen molar-refractivity contribution < 1.29 is 14.6 Å². The predicted octanol–water partition coefficient (Wildman–Crippen LogP) is 7.32. The van der Waals surface area contributed by atoms with Crippen molar-refractivity contribution in [3.05, 3.63) is 144 Å². The van der Waals surface area contributed by atoms with E-state index < -0.39 is 11.7 Å². The minimum atomic E-state index is -0.974. The van der Waals surface area contributed by atoms with Crippen LogP contribution in [0, 0.1) is 0 Å². The number of unbranched alkanes of at least 4 members (excludes halogenated alkanes) is 1. The molecule has 5 nitrogen and oxygen atoms in total. The number of hydrogen-bond donors (Lipinski definition) is 2. The van der Waals surface area contributed by atoms with Gasteiger partial charge in [0.05, 0.1) is 0 Å². The second kappa shape index (κ2) is 15.0. The van der Waals surface area contributed by atoms with Gasteiger partial charge in [-0.05, 0) is 55.0 Å². The number of carboxylic acid groups (broad SMARTS) is 1. The van der Waals surface area contributed by atoms with Crippen molar-refractivity contribution in [3.8, 4) is 0 Å². The first-order valence-corrected chi connectivity index (χ1v) is 14.1. The lowest BCUT2D eigenvalue weighted by molar-refractivity contribution is 0.00984. The van der Waals surface area contributed by atoms with E-state index in [0.29, 0.717) is 6.61 Å². The first kappa shape index (κ1) is 29.1. The van der Waals surface area contributed by atoms with E-state index in [1.807, 2.05) is 31.2 Å². The second-order valence-electron chi connectivity index (χ2n) is 10.2. The molecule has 0 fully saturated rings. The molecular weight excluding hydrogens is 496 g/mol. The molecule has 0 bridgehead atoms. The Morgan fingerprint density at radius 2 is 1.23 bits per heavy atom. The van der Waals surface area contributed by atoms with Gasteiger partial charge in [0.25, 0.3) is 0 Å². The molecule has 4 aromatic rings. The summed E-state index contributed by atoms with van der Waals surface area (Å²) in [6, 6.07) is 41.8. The number of nitrogens with one attached hydrogen (secondary N) is 1. The predicted molar refractivity (Wildman–Crippen MR) is 161 cm³/mol. The highest BCUT2D eigenvalue weighted by Gasteiger charge is 2.37. The Balaban J connectivity index is 1.46. The Bertz CT molecular complexity index is 1170. The van der Waals surface area contributed by atoms with E-state index in [9.17, 15) is 4.79 Å². The monoisotopic (exact) mass is 536 g/mol. The van der Waals surface area contributed by atoms with Crippen LogP contribution >= 0.6 is 0 Å². The van der Waals surface area contributed by atoms with Gasteiger partial charge >= 0.3 is 6.09 Å². The summed E-state index contributed by atoms with van der Waals surface area (Å²) in [5.74, 6) is 0. The molecule has 40 heavy (non-hydrogen) atoms. The van der Waals surface area contributed by atoms with Gasteiger partial charge in [-0.1, -0.05) is 121 Å². The standard InChI is InChI=1S/C35H40N2O3/c1-29(36-34(38)39)24-26-37(28-30-16-6-2-7-17-30)25-14-15-27-40-35(31-18-8-3-9-19-31,32-20-10-4-11-21-32)33-22-12-5-13-23-33/h2-13,16-23,29,36H,14-15,24-28H2,1H3,(H,38,39)/t29-/m1/s1. The van der Waals surface area contributed by atoms with Crippen LogP contribution in [0.25, 0.3) is 0 Å². The number of carbonyl (C=O) groups is 1. The number of ether oxygens (including phenoxy) is 1. The molecule has 1 atom stereocenters. The summed E-state index contributed by atoms with van der Waals surface area (Å²) in [5, 5.41) is 11.6. The van der Waals surface area contributed by atoms with Crippen molar-refractivity contribution in [1.82, 2.24) is 10.2 Å². The molecule has 0 aliphatic rings. The Labute approximate surface area is 238 Å². The largest absolute Gasteiger partial charge is 0.465 e. The SMILES string of the molecule is C[C@H](CCN(CCCCOC(c1ccccc1)(c1ccccc1)c1ccccc1)Cc1ccccc1)NC(=O)O. The summed E-state index contributed by atoms with van der Waals surface area (Å²) in [6.07, 6.45) is 1.66. The maximum atomic E-state index is 11.0. The molecule has 4 aromatic carbocycles. The van der Waals surface area contributed by atoms with Gasteiger partial charge in [-0.15, -0.1) is 0 Å². The molecule has 5 heteroatoms. The zero-order valence-electron chi connectivity index (χ0n) is 23.3. The molecule has 1 amide bonds. The summed E-state index contributed by atoms with van der Waals surface area (Å²) >= 11 is 0. The first-order valence-electron chi connectivity index (χ1n) is 14.1. The van der Waals surface area contributed by atoms with Crippen LogP contribution in [0.1, 0.15) is 48.4 Å². The first-order chi connectivity index (χ1) is 19.6. The molecule has 0 heterocycles. The molecule has 0 aliphatic carbocycles. The number of rotatable bonds is 15. The highest BCUT2D eigenvalue weighted by Crippen LogP contribution is 2.40. The third-order valence-corrected chi connectivity index (χ3v) is 7.23. The maximum Gasteiger partial charge on any atom is 0.404 e. The lowest BCUT2D eigenvalue weighted by atomic mass is 9.80. The average Bonchev–Trinajstić information content (AvgIpc) is 2.99. The Morgan fingerprint density at radius 1 is 0.750 bits per heavy atom. The highest BCUT2D eigenvalue weighted by atomic mass is 16.5. The average molecular weight is 537 g/mol. The lowest BCUT2D eigenvalue weighted by Gasteiger charge is -2.36. The minimum absolute atomic E-state index is 0.0951. The van der Waals surface area contributed by atoms with Crippen LogP contribution in [0.2, 0.25) is 0 Å². The van der Waals surface area contributed by atoms with Crippen molar-refractivity contribution in [1.29, 1.82) is 0 Å². The van der Waals surface area contributed by atoms with E-state index in [0.717, 1.165) is 55.6 Å². The quantitative estimate of drug-likeness (QED) is 0.123. The van der Waals surface area contributed by atoms with Crippen LogP contribution in [0.15, 0.2) is 121 Å². The van der Waals surface area contributed by atoms with Crippen molar-refractivity contribution in [2.45, 2.75) is 44.4 Å². The van der Waals surface area contributed by atoms with Crippen LogP contribution in [-0.4, -0.2) is 41.8 Å². The smallest absolute Gasteiger partial charge is 0.404 e. The normalized spacial score (nSPS) is 12.2. The van der Waals surface area contributed by atoms with E-state index in [2.05, 4.69) is 107 Å². The zero-order chi connectivity index (χ0) is 28.0. The summed E-state index contributed by atoms with van der Waals surface area (Å²) in [6.45, 7) is 5.09. The van der Waals surface area contributed by atoms with Crippen LogP contribution in [0.3, 0.4) is 0 Å². The number of nitrogens with zero attached hydrogens (tertiary/aromatic N) is 1. The zero-order valence-corrected chi connectivity index (χ0v) is 23.3. The van der Waals surface area contributed by atoms with E-state index in [-0.39, 0.29) is 6.04 Å². The molecule has 0 saturated heterocycles. The third kappa shape index (κ3) is 8.04. The molecule has 0 unspecified atom stereocenters. The van der Waals surface area contributed by atoms with Gasteiger partial charge < -0.3 is 15.2 Å². The third-order valence-electron chi connectivity index (χ3n) is 7.23. The Hall–Kier alpha value is -3.93. The van der Waals surface area contributed by atoms with Crippen LogP contribution < -0.4 is 5.32 Å². The number of hydrogen-bond acceptors (Lipinski definition) is 3. The van der Waals surface area contributed by atoms with Gasteiger partial charge in [0.15, 0.2) is 0 Å². The van der Waals surface area contributed by atoms with Crippen LogP contribution in [0.4, 0.5) is 4.79 Å². The van der Waals surface area contributed by atoms with Crippen LogP contribution in [-0.2, 0) is 16.9 Å². The van der Waals surface area contributed by atoms with Gasteiger partial charge in [0, 0.05) is 25.7 Å². The molecule has 0 saturated carbocycles. The van der Waals surface area contributed by atoms with E-state index >= 15 is 0 Å². The van der Waals surface area contributed by atoms with Gasteiger partial charge in [-0.25, -0.2) is 4.79 Å². The molecule has 0 aromatic heterocycles. The van der Waals surface area contributed by atoms with Crippen molar-refractivity contribution >= 4 is 6.09 Å². The molecule has 208 valence electrons. The number of amides is 1. The lowest BCUT2D eigenvalue weighted by Crippen LogP contribution is -2.35. The molecule has 2 N–H and O–H groups in total. The second-order valence-corrected chi connectivity index (χ2v) is 10.2. The fourth-order valence-corrected chi connectivity index (χ4v) is 5.20. The van der Waals surface area contributed by atoms with Crippen molar-refractivity contribution in [2.75, 3.05) is 19.7 Å². The van der Waals surface area contributed by atoms with Gasteiger partial charge in [0.1, 0.15) is 5.60 Å². The summed E-state index contributed by atoms with van der Waals surface area (Å²) in [5.41, 5.74) is 3.88. The molecule has 0 spiro atoms. The maximum absolute atomic E-state index is 11.0. The molecule has 0 aliphatic heterocycles. The van der Waals surface area contributed by atoms with E-state index in [4.69, 9.17) is 9.84 Å². The van der Waals surface area contributed by atoms with Gasteiger partial charge in [-0.3, -0.25) is 4.90 Å². The minimum Gasteiger partial charge on any atom is -0.465 e. The summed E-state index contributed by atoms with van der Waals surface area (Å²) < 4.78 is 6.94. The van der Waals surface area contributed by atoms with Gasteiger partial charge in [0.2, 0.25) is 0 Å². The topological polar surface area (TPSA) is 61.8 Å². The highest BCUT2D eigenvalue weighted by molar-refractivity contribution is 5.64. The summed E-state index contributed by atoms with van der Waals surface area (Å²) in [7, 11) is 0. The molecule has 0 radical (unpaired) electrons. The Morgan fingerprint density at radius 3 is 1.70 bits per heavy atom. The van der Waals surface area contributed by atoms with Crippen molar-refractivity contribution in [3.63, 3.8) is 0 Å². The molecule has 4 rings (SSSR count). The number of benzene rings is 4. The molecular formula is C35H40N2O3. The Kier molecular flexibility index (Phi) is 10.9. The van der Waals surface area contributed by atoms with E-state index in [1.165, 1.54) is 5.56 Å². The fraction of sp³-hybridized carbons (Fsp3) is 0.286. The van der Waals surface area contributed by atoms with Crippen LogP contribution in [0.5, 0.6) is 0 Å². The summed E-state index contributed by atoms with van der Waals surface area (Å²) in [4.78, 5) is 13.5.